The number of carbonyl (C=O) groups excluding carboxylic acids is 1. The second-order valence-electron chi connectivity index (χ2n) is 4.27. The van der Waals surface area contributed by atoms with E-state index in [-0.39, 0.29) is 11.8 Å². The van der Waals surface area contributed by atoms with Crippen molar-refractivity contribution >= 4 is 34.2 Å². The Morgan fingerprint density at radius 2 is 2.20 bits per heavy atom. The van der Waals surface area contributed by atoms with Crippen molar-refractivity contribution in [1.82, 2.24) is 0 Å². The van der Waals surface area contributed by atoms with Crippen LogP contribution in [0.4, 0.5) is 5.69 Å². The number of halogens is 1. The molecule has 0 heterocycles. The SMILES string of the molecule is Cc1ccc(NC(=O)[C@H]2C[C@@H]2C)cc1I. The number of aryl methyl sites for hydroxylation is 1. The van der Waals surface area contributed by atoms with Gasteiger partial charge in [0.1, 0.15) is 0 Å². The van der Waals surface area contributed by atoms with Gasteiger partial charge >= 0.3 is 0 Å². The highest BCUT2D eigenvalue weighted by Gasteiger charge is 2.38. The zero-order valence-corrected chi connectivity index (χ0v) is 11.0. The number of anilines is 1. The Morgan fingerprint density at radius 3 is 2.73 bits per heavy atom. The molecule has 3 heteroatoms. The molecule has 1 fully saturated rings. The van der Waals surface area contributed by atoms with E-state index in [1.54, 1.807) is 0 Å². The Bertz CT molecular complexity index is 403. The average molecular weight is 315 g/mol. The highest BCUT2D eigenvalue weighted by Crippen LogP contribution is 2.38. The lowest BCUT2D eigenvalue weighted by Crippen LogP contribution is -2.14. The van der Waals surface area contributed by atoms with Gasteiger partial charge in [-0.2, -0.15) is 0 Å². The molecule has 2 atom stereocenters. The fraction of sp³-hybridized carbons (Fsp3) is 0.417. The van der Waals surface area contributed by atoms with Crippen molar-refractivity contribution in [2.24, 2.45) is 11.8 Å². The molecule has 15 heavy (non-hydrogen) atoms. The summed E-state index contributed by atoms with van der Waals surface area (Å²) in [5, 5.41) is 2.96. The van der Waals surface area contributed by atoms with Crippen LogP contribution in [0.15, 0.2) is 18.2 Å². The molecule has 1 aromatic rings. The molecule has 1 saturated carbocycles. The van der Waals surface area contributed by atoms with Gasteiger partial charge in [-0.3, -0.25) is 4.79 Å². The van der Waals surface area contributed by atoms with E-state index in [4.69, 9.17) is 0 Å². The van der Waals surface area contributed by atoms with Gasteiger partial charge < -0.3 is 5.32 Å². The first-order valence-electron chi connectivity index (χ1n) is 5.15. The molecular formula is C12H14INO. The summed E-state index contributed by atoms with van der Waals surface area (Å²) in [6, 6.07) is 6.01. The molecule has 0 bridgehead atoms. The molecule has 2 rings (SSSR count). The van der Waals surface area contributed by atoms with E-state index >= 15 is 0 Å². The lowest BCUT2D eigenvalue weighted by atomic mass is 10.2. The Labute approximate surface area is 104 Å². The number of benzene rings is 1. The quantitative estimate of drug-likeness (QED) is 0.835. The molecule has 1 aliphatic carbocycles. The fourth-order valence-electron chi connectivity index (χ4n) is 1.59. The monoisotopic (exact) mass is 315 g/mol. The molecule has 0 radical (unpaired) electrons. The first-order chi connectivity index (χ1) is 7.08. The molecular weight excluding hydrogens is 301 g/mol. The summed E-state index contributed by atoms with van der Waals surface area (Å²) < 4.78 is 1.19. The first-order valence-corrected chi connectivity index (χ1v) is 6.23. The summed E-state index contributed by atoms with van der Waals surface area (Å²) >= 11 is 2.28. The van der Waals surface area contributed by atoms with Crippen LogP contribution in [0.3, 0.4) is 0 Å². The molecule has 0 spiro atoms. The molecule has 2 nitrogen and oxygen atoms in total. The lowest BCUT2D eigenvalue weighted by molar-refractivity contribution is -0.117. The van der Waals surface area contributed by atoms with Crippen LogP contribution in [-0.4, -0.2) is 5.91 Å². The van der Waals surface area contributed by atoms with Crippen LogP contribution in [0.2, 0.25) is 0 Å². The van der Waals surface area contributed by atoms with Crippen LogP contribution in [0.25, 0.3) is 0 Å². The van der Waals surface area contributed by atoms with Crippen molar-refractivity contribution < 1.29 is 4.79 Å². The molecule has 0 aliphatic heterocycles. The maximum atomic E-state index is 11.7. The predicted octanol–water partition coefficient (Wildman–Crippen LogP) is 3.19. The Balaban J connectivity index is 2.04. The second-order valence-corrected chi connectivity index (χ2v) is 5.43. The van der Waals surface area contributed by atoms with Gasteiger partial charge in [-0.05, 0) is 59.5 Å². The van der Waals surface area contributed by atoms with Gasteiger partial charge in [0.2, 0.25) is 5.91 Å². The summed E-state index contributed by atoms with van der Waals surface area (Å²) in [5.41, 5.74) is 2.16. The first kappa shape index (κ1) is 10.9. The Morgan fingerprint density at radius 1 is 1.53 bits per heavy atom. The van der Waals surface area contributed by atoms with E-state index in [1.807, 2.05) is 18.2 Å². The van der Waals surface area contributed by atoms with Crippen molar-refractivity contribution in [2.45, 2.75) is 20.3 Å². The number of nitrogens with one attached hydrogen (secondary N) is 1. The minimum atomic E-state index is 0.169. The zero-order chi connectivity index (χ0) is 11.0. The van der Waals surface area contributed by atoms with Gasteiger partial charge in [0.05, 0.1) is 0 Å². The topological polar surface area (TPSA) is 29.1 Å². The molecule has 80 valence electrons. The van der Waals surface area contributed by atoms with Gasteiger partial charge in [0.15, 0.2) is 0 Å². The van der Waals surface area contributed by atoms with Crippen molar-refractivity contribution in [3.05, 3.63) is 27.3 Å². The van der Waals surface area contributed by atoms with Crippen molar-refractivity contribution in [3.63, 3.8) is 0 Å². The average Bonchev–Trinajstić information content (AvgIpc) is 2.89. The van der Waals surface area contributed by atoms with E-state index in [0.717, 1.165) is 12.1 Å². The van der Waals surface area contributed by atoms with E-state index in [0.29, 0.717) is 5.92 Å². The third-order valence-electron chi connectivity index (χ3n) is 2.89. The van der Waals surface area contributed by atoms with Crippen molar-refractivity contribution in [3.8, 4) is 0 Å². The largest absolute Gasteiger partial charge is 0.326 e. The van der Waals surface area contributed by atoms with Crippen LogP contribution in [0.5, 0.6) is 0 Å². The molecule has 1 N–H and O–H groups in total. The summed E-state index contributed by atoms with van der Waals surface area (Å²) in [6.45, 7) is 4.18. The van der Waals surface area contributed by atoms with Gasteiger partial charge in [-0.25, -0.2) is 0 Å². The standard InChI is InChI=1S/C12H14INO/c1-7-3-4-9(6-11(7)13)14-12(15)10-5-8(10)2/h3-4,6,8,10H,5H2,1-2H3,(H,14,15)/t8-,10-/m0/s1. The van der Waals surface area contributed by atoms with Crippen LogP contribution < -0.4 is 5.32 Å². The second kappa shape index (κ2) is 4.12. The zero-order valence-electron chi connectivity index (χ0n) is 8.88. The smallest absolute Gasteiger partial charge is 0.227 e. The fourth-order valence-corrected chi connectivity index (χ4v) is 2.11. The van der Waals surface area contributed by atoms with Crippen LogP contribution in [-0.2, 0) is 4.79 Å². The lowest BCUT2D eigenvalue weighted by Gasteiger charge is -2.06. The Hall–Kier alpha value is -0.580. The number of carbonyl (C=O) groups is 1. The number of hydrogen-bond donors (Lipinski definition) is 1. The van der Waals surface area contributed by atoms with Gasteiger partial charge in [-0.15, -0.1) is 0 Å². The van der Waals surface area contributed by atoms with Crippen LogP contribution in [0.1, 0.15) is 18.9 Å². The number of rotatable bonds is 2. The third kappa shape index (κ3) is 2.51. The van der Waals surface area contributed by atoms with Gasteiger partial charge in [-0.1, -0.05) is 13.0 Å². The summed E-state index contributed by atoms with van der Waals surface area (Å²) in [7, 11) is 0. The van der Waals surface area contributed by atoms with Crippen LogP contribution in [0, 0.1) is 22.3 Å². The summed E-state index contributed by atoms with van der Waals surface area (Å²) in [6.07, 6.45) is 1.04. The van der Waals surface area contributed by atoms with E-state index in [1.165, 1.54) is 9.13 Å². The maximum absolute atomic E-state index is 11.7. The highest BCUT2D eigenvalue weighted by atomic mass is 127. The normalized spacial score (nSPS) is 23.7. The molecule has 0 aromatic heterocycles. The molecule has 0 unspecified atom stereocenters. The van der Waals surface area contributed by atoms with E-state index in [9.17, 15) is 4.79 Å². The van der Waals surface area contributed by atoms with Crippen molar-refractivity contribution in [1.29, 1.82) is 0 Å². The highest BCUT2D eigenvalue weighted by molar-refractivity contribution is 14.1. The summed E-state index contributed by atoms with van der Waals surface area (Å²) in [4.78, 5) is 11.7. The van der Waals surface area contributed by atoms with Crippen molar-refractivity contribution in [2.75, 3.05) is 5.32 Å². The molecule has 1 aromatic carbocycles. The molecule has 1 amide bonds. The van der Waals surface area contributed by atoms with Gasteiger partial charge in [0.25, 0.3) is 0 Å². The van der Waals surface area contributed by atoms with E-state index in [2.05, 4.69) is 41.8 Å². The minimum absolute atomic E-state index is 0.169. The minimum Gasteiger partial charge on any atom is -0.326 e. The molecule has 1 aliphatic rings. The predicted molar refractivity (Wildman–Crippen MR) is 69.8 cm³/mol. The Kier molecular flexibility index (Phi) is 3.00. The van der Waals surface area contributed by atoms with Gasteiger partial charge in [0, 0.05) is 15.2 Å². The summed E-state index contributed by atoms with van der Waals surface area (Å²) in [5.74, 6) is 0.973. The molecule has 0 saturated heterocycles. The van der Waals surface area contributed by atoms with Crippen LogP contribution >= 0.6 is 22.6 Å². The number of amides is 1. The third-order valence-corrected chi connectivity index (χ3v) is 4.05. The number of hydrogen-bond acceptors (Lipinski definition) is 1. The maximum Gasteiger partial charge on any atom is 0.227 e. The van der Waals surface area contributed by atoms with E-state index < -0.39 is 0 Å².